The van der Waals surface area contributed by atoms with Crippen molar-refractivity contribution in [3.63, 3.8) is 0 Å². The predicted octanol–water partition coefficient (Wildman–Crippen LogP) is 3.73. The van der Waals surface area contributed by atoms with Gasteiger partial charge in [0.1, 0.15) is 34.8 Å². The van der Waals surface area contributed by atoms with E-state index in [4.69, 9.17) is 19.2 Å². The van der Waals surface area contributed by atoms with Crippen LogP contribution in [0.1, 0.15) is 46.5 Å². The molecule has 0 spiro atoms. The van der Waals surface area contributed by atoms with E-state index in [9.17, 15) is 22.8 Å². The second kappa shape index (κ2) is 12.4. The fourth-order valence-corrected chi connectivity index (χ4v) is 7.26. The molecule has 3 amide bonds. The highest BCUT2D eigenvalue weighted by Gasteiger charge is 2.62. The number of hydrogen-bond acceptors (Lipinski definition) is 10. The highest BCUT2D eigenvalue weighted by molar-refractivity contribution is 7.91. The summed E-state index contributed by atoms with van der Waals surface area (Å²) in [5.41, 5.74) is -0.572. The van der Waals surface area contributed by atoms with Crippen LogP contribution < -0.4 is 19.5 Å². The zero-order chi connectivity index (χ0) is 34.4. The molecule has 1 saturated heterocycles. The monoisotopic (exact) mass is 677 g/mol. The number of amides is 3. The topological polar surface area (TPSA) is 166 Å². The zero-order valence-corrected chi connectivity index (χ0v) is 28.1. The molecule has 14 heteroatoms. The molecule has 6 rings (SSSR count). The summed E-state index contributed by atoms with van der Waals surface area (Å²) in [4.78, 5) is 51.2. The molecule has 1 aromatic carbocycles. The molecule has 2 aromatic heterocycles. The van der Waals surface area contributed by atoms with E-state index in [0.29, 0.717) is 46.6 Å². The molecule has 2 aliphatic carbocycles. The van der Waals surface area contributed by atoms with Gasteiger partial charge >= 0.3 is 6.09 Å². The lowest BCUT2D eigenvalue weighted by Gasteiger charge is -2.29. The molecule has 0 bridgehead atoms. The van der Waals surface area contributed by atoms with Gasteiger partial charge in [-0.05, 0) is 64.3 Å². The molecule has 1 aliphatic heterocycles. The smallest absolute Gasteiger partial charge is 0.411 e. The molecule has 254 valence electrons. The maximum Gasteiger partial charge on any atom is 0.411 e. The Kier molecular flexibility index (Phi) is 8.56. The first kappa shape index (κ1) is 33.2. The summed E-state index contributed by atoms with van der Waals surface area (Å²) >= 11 is 0. The van der Waals surface area contributed by atoms with Gasteiger partial charge in [0.05, 0.1) is 35.8 Å². The largest absolute Gasteiger partial charge is 0.497 e. The summed E-state index contributed by atoms with van der Waals surface area (Å²) in [5.74, 6) is -0.858. The summed E-state index contributed by atoms with van der Waals surface area (Å²) in [5, 5.41) is 2.84. The van der Waals surface area contributed by atoms with Crippen LogP contribution >= 0.6 is 0 Å². The molecule has 3 fully saturated rings. The first-order chi connectivity index (χ1) is 22.7. The number of methoxy groups -OCH3 is 1. The van der Waals surface area contributed by atoms with Crippen LogP contribution in [0.15, 0.2) is 61.3 Å². The second-order valence-corrected chi connectivity index (χ2v) is 15.4. The van der Waals surface area contributed by atoms with Gasteiger partial charge in [-0.15, -0.1) is 6.58 Å². The number of benzene rings is 1. The van der Waals surface area contributed by atoms with Crippen LogP contribution in [0.5, 0.6) is 11.5 Å². The number of ether oxygens (including phenoxy) is 3. The SMILES string of the molecule is C=CC1C[C@]1(NC(=O)[C@@H]1C[C@@H](Oc2cc(-c3ccccn3)nc3cc(OC)ccc23)CN1C(=O)OC(C)(C)C)C(=O)NS(=O)(=O)C1CC1. The van der Waals surface area contributed by atoms with Crippen LogP contribution in [-0.4, -0.2) is 83.4 Å². The van der Waals surface area contributed by atoms with E-state index in [0.717, 1.165) is 0 Å². The highest BCUT2D eigenvalue weighted by atomic mass is 32.2. The molecule has 48 heavy (non-hydrogen) atoms. The van der Waals surface area contributed by atoms with E-state index in [2.05, 4.69) is 21.6 Å². The fourth-order valence-electron chi connectivity index (χ4n) is 5.90. The number of rotatable bonds is 10. The van der Waals surface area contributed by atoms with Gasteiger partial charge in [-0.25, -0.2) is 18.2 Å². The Labute approximate surface area is 279 Å². The molecule has 3 heterocycles. The van der Waals surface area contributed by atoms with E-state index in [1.165, 1.54) is 11.0 Å². The van der Waals surface area contributed by atoms with Gasteiger partial charge in [0.2, 0.25) is 15.9 Å². The van der Waals surface area contributed by atoms with E-state index >= 15 is 0 Å². The van der Waals surface area contributed by atoms with E-state index in [1.807, 2.05) is 18.2 Å². The minimum Gasteiger partial charge on any atom is -0.497 e. The lowest BCUT2D eigenvalue weighted by molar-refractivity contribution is -0.131. The number of hydrogen-bond donors (Lipinski definition) is 2. The Balaban J connectivity index is 1.29. The van der Waals surface area contributed by atoms with Crippen LogP contribution in [0.4, 0.5) is 4.79 Å². The highest BCUT2D eigenvalue weighted by Crippen LogP contribution is 2.45. The van der Waals surface area contributed by atoms with E-state index < -0.39 is 62.4 Å². The Morgan fingerprint density at radius 1 is 1.10 bits per heavy atom. The molecule has 3 aromatic rings. The first-order valence-corrected chi connectivity index (χ1v) is 17.3. The first-order valence-electron chi connectivity index (χ1n) is 15.8. The maximum atomic E-state index is 14.0. The van der Waals surface area contributed by atoms with Crippen molar-refractivity contribution in [2.24, 2.45) is 5.92 Å². The summed E-state index contributed by atoms with van der Waals surface area (Å²) in [6.45, 7) is 8.92. The van der Waals surface area contributed by atoms with Gasteiger partial charge in [-0.1, -0.05) is 12.1 Å². The number of pyridine rings is 2. The minimum absolute atomic E-state index is 0.00599. The van der Waals surface area contributed by atoms with Gasteiger partial charge in [-0.2, -0.15) is 0 Å². The molecule has 3 aliphatic rings. The molecule has 0 radical (unpaired) electrons. The second-order valence-electron chi connectivity index (χ2n) is 13.4. The number of fused-ring (bicyclic) bond motifs is 1. The van der Waals surface area contributed by atoms with Crippen LogP contribution in [0, 0.1) is 5.92 Å². The Morgan fingerprint density at radius 2 is 1.88 bits per heavy atom. The maximum absolute atomic E-state index is 14.0. The summed E-state index contributed by atoms with van der Waals surface area (Å²) in [7, 11) is -2.29. The lowest BCUT2D eigenvalue weighted by atomic mass is 10.1. The van der Waals surface area contributed by atoms with Gasteiger partial charge in [0, 0.05) is 36.1 Å². The van der Waals surface area contributed by atoms with Crippen LogP contribution in [0.2, 0.25) is 0 Å². The number of nitrogens with one attached hydrogen (secondary N) is 2. The van der Waals surface area contributed by atoms with Gasteiger partial charge in [-0.3, -0.25) is 24.2 Å². The Morgan fingerprint density at radius 3 is 2.50 bits per heavy atom. The number of likely N-dealkylation sites (tertiary alicyclic amines) is 1. The van der Waals surface area contributed by atoms with Crippen molar-refractivity contribution in [2.45, 2.75) is 75.0 Å². The minimum atomic E-state index is -3.86. The number of nitrogens with zero attached hydrogens (tertiary/aromatic N) is 3. The summed E-state index contributed by atoms with van der Waals surface area (Å²) < 4.78 is 44.9. The lowest BCUT2D eigenvalue weighted by Crippen LogP contribution is -2.56. The third-order valence-electron chi connectivity index (χ3n) is 8.64. The van der Waals surface area contributed by atoms with Crippen molar-refractivity contribution in [1.82, 2.24) is 24.9 Å². The number of sulfonamides is 1. The van der Waals surface area contributed by atoms with E-state index in [1.54, 1.807) is 58.3 Å². The molecule has 1 unspecified atom stereocenters. The molecular weight excluding hydrogens is 638 g/mol. The molecule has 13 nitrogen and oxygen atoms in total. The van der Waals surface area contributed by atoms with Crippen molar-refractivity contribution in [3.8, 4) is 22.9 Å². The van der Waals surface area contributed by atoms with Crippen LogP contribution in [0.3, 0.4) is 0 Å². The Bertz CT molecular complexity index is 1880. The van der Waals surface area contributed by atoms with Crippen molar-refractivity contribution >= 4 is 38.8 Å². The van der Waals surface area contributed by atoms with Crippen molar-refractivity contribution < 1.29 is 37.0 Å². The van der Waals surface area contributed by atoms with Crippen molar-refractivity contribution in [1.29, 1.82) is 0 Å². The average Bonchev–Trinajstić information content (AvgIpc) is 3.97. The van der Waals surface area contributed by atoms with Gasteiger partial charge in [0.25, 0.3) is 5.91 Å². The molecule has 4 atom stereocenters. The quantitative estimate of drug-likeness (QED) is 0.302. The standard InChI is InChI=1S/C34H39N5O8S/c1-6-20-18-34(20,31(41)38-48(43,44)23-11-12-23)37-30(40)28-16-22(19-39(28)32(42)47-33(2,3)4)46-29-17-27(25-9-7-8-14-35-25)36-26-15-21(45-5)10-13-24(26)29/h6-10,13-15,17,20,22-23,28H,1,11-12,16,18-19H2,2-5H3,(H,37,40)(H,38,41)/t20?,22-,28+,34-/m1/s1. The molecule has 2 saturated carbocycles. The number of aromatic nitrogens is 2. The van der Waals surface area contributed by atoms with E-state index in [-0.39, 0.29) is 19.4 Å². The van der Waals surface area contributed by atoms with Gasteiger partial charge in [0.15, 0.2) is 0 Å². The summed E-state index contributed by atoms with van der Waals surface area (Å²) in [6, 6.07) is 11.6. The van der Waals surface area contributed by atoms with Crippen molar-refractivity contribution in [3.05, 3.63) is 61.3 Å². The number of carbonyl (C=O) groups is 3. The Hall–Kier alpha value is -4.72. The average molecular weight is 678 g/mol. The van der Waals surface area contributed by atoms with Crippen molar-refractivity contribution in [2.75, 3.05) is 13.7 Å². The molecular formula is C34H39N5O8S. The number of carbonyl (C=O) groups excluding carboxylic acids is 3. The zero-order valence-electron chi connectivity index (χ0n) is 27.3. The van der Waals surface area contributed by atoms with Gasteiger partial charge < -0.3 is 19.5 Å². The predicted molar refractivity (Wildman–Crippen MR) is 177 cm³/mol. The van der Waals surface area contributed by atoms with Crippen LogP contribution in [0.25, 0.3) is 22.3 Å². The van der Waals surface area contributed by atoms with Crippen LogP contribution in [-0.2, 0) is 24.3 Å². The third kappa shape index (κ3) is 6.80. The molecule has 2 N–H and O–H groups in total. The third-order valence-corrected chi connectivity index (χ3v) is 10.5. The summed E-state index contributed by atoms with van der Waals surface area (Å²) in [6.07, 6.45) is 2.99. The fraction of sp³-hybridized carbons (Fsp3) is 0.441. The normalized spacial score (nSPS) is 23.7.